The Morgan fingerprint density at radius 3 is 2.95 bits per heavy atom. The molecule has 1 unspecified atom stereocenters. The first-order chi connectivity index (χ1) is 10.0. The number of nitrogens with zero attached hydrogens (tertiary/aromatic N) is 2. The number of carbonyl (C=O) groups is 2. The smallest absolute Gasteiger partial charge is 0.335 e. The van der Waals surface area contributed by atoms with E-state index in [0.717, 1.165) is 13.0 Å². The fourth-order valence-corrected chi connectivity index (χ4v) is 3.14. The van der Waals surface area contributed by atoms with Gasteiger partial charge < -0.3 is 10.0 Å². The number of piperazine rings is 1. The number of hydrogen-bond donors (Lipinski definition) is 1. The Morgan fingerprint density at radius 2 is 2.19 bits per heavy atom. The van der Waals surface area contributed by atoms with Crippen LogP contribution in [-0.2, 0) is 11.3 Å². The minimum Gasteiger partial charge on any atom is -0.478 e. The van der Waals surface area contributed by atoms with Crippen molar-refractivity contribution < 1.29 is 19.1 Å². The van der Waals surface area contributed by atoms with Crippen molar-refractivity contribution in [1.82, 2.24) is 9.80 Å². The highest BCUT2D eigenvalue weighted by Crippen LogP contribution is 2.24. The molecule has 0 aromatic heterocycles. The van der Waals surface area contributed by atoms with Crippen molar-refractivity contribution in [1.29, 1.82) is 0 Å². The molecule has 1 amide bonds. The van der Waals surface area contributed by atoms with Crippen molar-refractivity contribution >= 4 is 11.9 Å². The van der Waals surface area contributed by atoms with Gasteiger partial charge >= 0.3 is 5.97 Å². The average molecular weight is 292 g/mol. The molecule has 2 fully saturated rings. The van der Waals surface area contributed by atoms with Gasteiger partial charge in [-0.25, -0.2) is 9.18 Å². The molecule has 6 heteroatoms. The van der Waals surface area contributed by atoms with Gasteiger partial charge in [0.15, 0.2) is 0 Å². The predicted molar refractivity (Wildman–Crippen MR) is 73.4 cm³/mol. The number of amides is 1. The van der Waals surface area contributed by atoms with Gasteiger partial charge in [-0.15, -0.1) is 0 Å². The number of carboxylic acids is 1. The summed E-state index contributed by atoms with van der Waals surface area (Å²) in [6, 6.07) is 4.09. The minimum atomic E-state index is -1.05. The second kappa shape index (κ2) is 5.44. The molecule has 0 spiro atoms. The van der Waals surface area contributed by atoms with Crippen LogP contribution >= 0.6 is 0 Å². The molecule has 0 radical (unpaired) electrons. The summed E-state index contributed by atoms with van der Waals surface area (Å²) in [4.78, 5) is 26.6. The van der Waals surface area contributed by atoms with E-state index in [2.05, 4.69) is 4.90 Å². The molecule has 2 heterocycles. The summed E-state index contributed by atoms with van der Waals surface area (Å²) in [5.41, 5.74) is 0.494. The van der Waals surface area contributed by atoms with E-state index in [-0.39, 0.29) is 23.3 Å². The summed E-state index contributed by atoms with van der Waals surface area (Å²) in [6.45, 7) is 2.47. The fourth-order valence-electron chi connectivity index (χ4n) is 3.14. The molecule has 1 atom stereocenters. The lowest BCUT2D eigenvalue weighted by Gasteiger charge is -2.37. The monoisotopic (exact) mass is 292 g/mol. The second-order valence-electron chi connectivity index (χ2n) is 5.63. The number of carboxylic acid groups (broad SMARTS) is 1. The molecule has 3 rings (SSSR count). The number of hydrogen-bond acceptors (Lipinski definition) is 3. The Bertz CT molecular complexity index is 590. The molecule has 1 aromatic rings. The third-order valence-corrected chi connectivity index (χ3v) is 4.27. The Balaban J connectivity index is 1.71. The molecule has 0 saturated carbocycles. The number of aromatic carboxylic acids is 1. The summed E-state index contributed by atoms with van der Waals surface area (Å²) in [5, 5.41) is 8.98. The molecule has 0 aliphatic carbocycles. The summed E-state index contributed by atoms with van der Waals surface area (Å²) in [5.74, 6) is -1.23. The van der Waals surface area contributed by atoms with Crippen LogP contribution < -0.4 is 0 Å². The molecule has 2 aliphatic heterocycles. The number of rotatable bonds is 3. The van der Waals surface area contributed by atoms with Crippen molar-refractivity contribution in [3.05, 3.63) is 35.1 Å². The van der Waals surface area contributed by atoms with Crippen molar-refractivity contribution in [3.8, 4) is 0 Å². The summed E-state index contributed by atoms with van der Waals surface area (Å²) in [7, 11) is 0. The van der Waals surface area contributed by atoms with E-state index >= 15 is 0 Å². The molecule has 1 N–H and O–H groups in total. The normalized spacial score (nSPS) is 22.4. The van der Waals surface area contributed by atoms with Gasteiger partial charge in [0.05, 0.1) is 5.56 Å². The van der Waals surface area contributed by atoms with Gasteiger partial charge in [-0.05, 0) is 24.6 Å². The van der Waals surface area contributed by atoms with Crippen LogP contribution in [0.3, 0.4) is 0 Å². The van der Waals surface area contributed by atoms with Gasteiger partial charge in [0.2, 0.25) is 5.91 Å². The standard InChI is InChI=1S/C15H17FN2O3/c16-13-3-1-10(15(20)21)7-11(13)8-17-5-6-18-12(9-17)2-4-14(18)19/h1,3,7,12H,2,4-6,8-9H2,(H,20,21). The zero-order valence-electron chi connectivity index (χ0n) is 11.6. The van der Waals surface area contributed by atoms with Crippen LogP contribution in [-0.4, -0.2) is 52.5 Å². The fraction of sp³-hybridized carbons (Fsp3) is 0.467. The minimum absolute atomic E-state index is 0.0982. The topological polar surface area (TPSA) is 60.9 Å². The van der Waals surface area contributed by atoms with Crippen LogP contribution in [0.4, 0.5) is 4.39 Å². The predicted octanol–water partition coefficient (Wildman–Crippen LogP) is 1.33. The third-order valence-electron chi connectivity index (χ3n) is 4.27. The van der Waals surface area contributed by atoms with Gasteiger partial charge in [-0.1, -0.05) is 0 Å². The molecule has 2 saturated heterocycles. The van der Waals surface area contributed by atoms with Crippen LogP contribution in [0.25, 0.3) is 0 Å². The first kappa shape index (κ1) is 14.0. The van der Waals surface area contributed by atoms with Crippen molar-refractivity contribution in [3.63, 3.8) is 0 Å². The van der Waals surface area contributed by atoms with E-state index in [4.69, 9.17) is 5.11 Å². The van der Waals surface area contributed by atoms with Crippen LogP contribution in [0.1, 0.15) is 28.8 Å². The molecule has 21 heavy (non-hydrogen) atoms. The molecule has 0 bridgehead atoms. The van der Waals surface area contributed by atoms with Gasteiger partial charge in [-0.2, -0.15) is 0 Å². The van der Waals surface area contributed by atoms with E-state index in [1.165, 1.54) is 18.2 Å². The third kappa shape index (κ3) is 2.76. The number of benzene rings is 1. The van der Waals surface area contributed by atoms with Gasteiger partial charge in [0, 0.05) is 44.2 Å². The Labute approximate surface area is 122 Å². The van der Waals surface area contributed by atoms with Crippen molar-refractivity contribution in [2.45, 2.75) is 25.4 Å². The van der Waals surface area contributed by atoms with Gasteiger partial charge in [-0.3, -0.25) is 9.69 Å². The molecule has 2 aliphatic rings. The molecular weight excluding hydrogens is 275 g/mol. The van der Waals surface area contributed by atoms with Crippen LogP contribution in [0.5, 0.6) is 0 Å². The molecular formula is C15H17FN2O3. The maximum Gasteiger partial charge on any atom is 0.335 e. The van der Waals surface area contributed by atoms with Crippen LogP contribution in [0, 0.1) is 5.82 Å². The Morgan fingerprint density at radius 1 is 1.38 bits per heavy atom. The van der Waals surface area contributed by atoms with E-state index in [1.54, 1.807) is 0 Å². The maximum absolute atomic E-state index is 13.8. The summed E-state index contributed by atoms with van der Waals surface area (Å²) in [6.07, 6.45) is 1.45. The van der Waals surface area contributed by atoms with E-state index in [1.807, 2.05) is 4.90 Å². The van der Waals surface area contributed by atoms with Crippen molar-refractivity contribution in [2.75, 3.05) is 19.6 Å². The van der Waals surface area contributed by atoms with Gasteiger partial charge in [0.1, 0.15) is 5.82 Å². The van der Waals surface area contributed by atoms with E-state index < -0.39 is 5.97 Å². The molecule has 5 nitrogen and oxygen atoms in total. The Hall–Kier alpha value is -1.95. The largest absolute Gasteiger partial charge is 0.478 e. The first-order valence-electron chi connectivity index (χ1n) is 7.08. The SMILES string of the molecule is O=C(O)c1ccc(F)c(CN2CCN3C(=O)CCC3C2)c1. The highest BCUT2D eigenvalue weighted by molar-refractivity contribution is 5.87. The lowest BCUT2D eigenvalue weighted by atomic mass is 10.1. The summed E-state index contributed by atoms with van der Waals surface area (Å²) < 4.78 is 13.8. The lowest BCUT2D eigenvalue weighted by molar-refractivity contribution is -0.130. The number of halogens is 1. The Kier molecular flexibility index (Phi) is 3.63. The number of carbonyl (C=O) groups excluding carboxylic acids is 1. The molecule has 112 valence electrons. The van der Waals surface area contributed by atoms with E-state index in [0.29, 0.717) is 31.6 Å². The maximum atomic E-state index is 13.8. The first-order valence-corrected chi connectivity index (χ1v) is 7.08. The highest BCUT2D eigenvalue weighted by Gasteiger charge is 2.35. The summed E-state index contributed by atoms with van der Waals surface area (Å²) >= 11 is 0. The molecule has 1 aromatic carbocycles. The number of fused-ring (bicyclic) bond motifs is 1. The zero-order chi connectivity index (χ0) is 15.0. The lowest BCUT2D eigenvalue weighted by Crippen LogP contribution is -2.51. The van der Waals surface area contributed by atoms with Crippen LogP contribution in [0.2, 0.25) is 0 Å². The van der Waals surface area contributed by atoms with Crippen LogP contribution in [0.15, 0.2) is 18.2 Å². The van der Waals surface area contributed by atoms with Crippen molar-refractivity contribution in [2.24, 2.45) is 0 Å². The highest BCUT2D eigenvalue weighted by atomic mass is 19.1. The quantitative estimate of drug-likeness (QED) is 0.913. The second-order valence-corrected chi connectivity index (χ2v) is 5.63. The zero-order valence-corrected chi connectivity index (χ0v) is 11.6. The van der Waals surface area contributed by atoms with Gasteiger partial charge in [0.25, 0.3) is 0 Å². The van der Waals surface area contributed by atoms with E-state index in [9.17, 15) is 14.0 Å². The average Bonchev–Trinajstić information content (AvgIpc) is 2.82.